The van der Waals surface area contributed by atoms with Crippen LogP contribution in [-0.4, -0.2) is 128 Å². The molecule has 402 valence electrons. The van der Waals surface area contributed by atoms with E-state index in [0.29, 0.717) is 4.90 Å². The zero-order valence-electron chi connectivity index (χ0n) is 40.9. The van der Waals surface area contributed by atoms with Gasteiger partial charge in [0, 0.05) is 12.4 Å². The molecule has 28 heteroatoms. The van der Waals surface area contributed by atoms with Gasteiger partial charge in [0.05, 0.1) is 25.2 Å². The van der Waals surface area contributed by atoms with Gasteiger partial charge >= 0.3 is 33.1 Å². The van der Waals surface area contributed by atoms with Crippen LogP contribution in [0.25, 0.3) is 0 Å². The summed E-state index contributed by atoms with van der Waals surface area (Å²) >= 11 is 0. The summed E-state index contributed by atoms with van der Waals surface area (Å²) in [6, 6.07) is 14.6. The van der Waals surface area contributed by atoms with Gasteiger partial charge in [-0.3, -0.25) is 37.7 Å². The fourth-order valence-corrected chi connectivity index (χ4v) is 10.1. The zero-order chi connectivity index (χ0) is 54.3. The van der Waals surface area contributed by atoms with E-state index in [-0.39, 0.29) is 17.3 Å². The first-order chi connectivity index (χ1) is 34.0. The number of para-hydroxylation sites is 2. The second-order valence-electron chi connectivity index (χ2n) is 17.8. The van der Waals surface area contributed by atoms with Gasteiger partial charge in [-0.05, 0) is 91.8 Å². The van der Waals surface area contributed by atoms with Crippen molar-refractivity contribution in [2.75, 3.05) is 18.9 Å². The van der Waals surface area contributed by atoms with E-state index >= 15 is 13.2 Å². The largest absolute Gasteiger partial charge is 0.462 e. The number of hydrogen-bond donors (Lipinski definition) is 5. The second kappa shape index (κ2) is 23.8. The predicted molar refractivity (Wildman–Crippen MR) is 251 cm³/mol. The molecule has 3 aliphatic rings. The standard InChI is InChI=1S/C23H29F2N2O9P.C22H30FN4O8P/c1-14(2)34-19(30)15(3)26-37(32,36-17-8-6-5-7-9-17)33-13-23(25)20(31)22(4,24)21(35-23)27-11-10-16(28)12-18(27)29;1-13(2)33-19(29)14(3)26-36(31,35-15-8-6-5-7-9-15)32-12-16-18(28)22(4,23)20(34-16)27-11-10-17(24)25-21(27)30/h5-11,14-15,20-21,31H,12-13H2,1-4H3,(H,26,32);5-11,13-14,16,18,20,28H,12H2,1-4H3,(H,26,31)(H2,24,25,30)/t15-,20-,21?,22+,23+,37-;14-,16?,18+,20?,22+,36-/m00/s1. The normalized spacial score (nSPS) is 28.4. The molecule has 0 saturated carbocycles. The molecular formula is C45H59F3N6O17P2. The van der Waals surface area contributed by atoms with Gasteiger partial charge in [0.1, 0.15) is 48.2 Å². The van der Waals surface area contributed by atoms with Crippen molar-refractivity contribution in [3.63, 3.8) is 0 Å². The van der Waals surface area contributed by atoms with Crippen LogP contribution in [0.3, 0.4) is 0 Å². The van der Waals surface area contributed by atoms with Crippen molar-refractivity contribution in [3.05, 3.63) is 95.7 Å². The number of nitrogens with zero attached hydrogens (tertiary/aromatic N) is 3. The number of ether oxygens (including phenoxy) is 4. The van der Waals surface area contributed by atoms with Crippen molar-refractivity contribution in [1.29, 1.82) is 0 Å². The minimum Gasteiger partial charge on any atom is -0.462 e. The number of benzene rings is 2. The summed E-state index contributed by atoms with van der Waals surface area (Å²) in [5.74, 6) is -6.07. The van der Waals surface area contributed by atoms with Gasteiger partial charge in [-0.25, -0.2) is 27.1 Å². The number of halogens is 3. The van der Waals surface area contributed by atoms with E-state index in [4.69, 9.17) is 42.8 Å². The molecule has 3 aliphatic heterocycles. The zero-order valence-corrected chi connectivity index (χ0v) is 42.7. The fraction of sp³-hybridized carbons (Fsp3) is 0.511. The van der Waals surface area contributed by atoms with E-state index in [1.807, 2.05) is 0 Å². The Hall–Kier alpha value is -5.53. The topological polar surface area (TPSA) is 305 Å². The summed E-state index contributed by atoms with van der Waals surface area (Å²) in [7, 11) is -8.86. The van der Waals surface area contributed by atoms with E-state index in [9.17, 15) is 43.3 Å². The van der Waals surface area contributed by atoms with Gasteiger partial charge in [0.2, 0.25) is 5.91 Å². The number of alkyl halides is 3. The monoisotopic (exact) mass is 1070 g/mol. The van der Waals surface area contributed by atoms with Gasteiger partial charge in [-0.15, -0.1) is 0 Å². The van der Waals surface area contributed by atoms with Crippen LogP contribution in [0.1, 0.15) is 68.0 Å². The molecule has 3 aromatic rings. The Bertz CT molecular complexity index is 2620. The molecule has 0 radical (unpaired) electrons. The summed E-state index contributed by atoms with van der Waals surface area (Å²) < 4.78 is 117. The fourth-order valence-electron chi connectivity index (χ4n) is 7.09. The first-order valence-corrected chi connectivity index (χ1v) is 25.7. The third-order valence-corrected chi connectivity index (χ3v) is 14.0. The Morgan fingerprint density at radius 1 is 0.808 bits per heavy atom. The first kappa shape index (κ1) is 58.4. The number of carbonyl (C=O) groups excluding carboxylic acids is 4. The molecule has 2 saturated heterocycles. The minimum absolute atomic E-state index is 0.0329. The molecule has 6 N–H and O–H groups in total. The Morgan fingerprint density at radius 2 is 1.32 bits per heavy atom. The molecule has 2 fully saturated rings. The maximum absolute atomic E-state index is 15.8. The van der Waals surface area contributed by atoms with Gasteiger partial charge < -0.3 is 43.9 Å². The van der Waals surface area contributed by atoms with Gasteiger partial charge in [0.15, 0.2) is 35.7 Å². The molecule has 12 atom stereocenters. The molecule has 0 bridgehead atoms. The lowest BCUT2D eigenvalue weighted by Gasteiger charge is -2.32. The van der Waals surface area contributed by atoms with Crippen molar-refractivity contribution in [2.45, 2.75) is 134 Å². The Kier molecular flexibility index (Phi) is 19.0. The van der Waals surface area contributed by atoms with Gasteiger partial charge in [-0.2, -0.15) is 15.2 Å². The van der Waals surface area contributed by atoms with Gasteiger partial charge in [0.25, 0.3) is 5.85 Å². The third kappa shape index (κ3) is 14.8. The summed E-state index contributed by atoms with van der Waals surface area (Å²) in [5, 5.41) is 25.9. The molecule has 3 unspecified atom stereocenters. The molecule has 0 aliphatic carbocycles. The van der Waals surface area contributed by atoms with E-state index in [1.165, 1.54) is 50.4 Å². The summed E-state index contributed by atoms with van der Waals surface area (Å²) in [4.78, 5) is 64.6. The number of hydrogen-bond acceptors (Lipinski definition) is 19. The number of nitrogens with one attached hydrogen (secondary N) is 2. The smallest absolute Gasteiger partial charge is 0.459 e. The number of aliphatic hydroxyl groups excluding tert-OH is 2. The number of nitrogens with two attached hydrogens (primary N) is 1. The number of aliphatic hydroxyl groups is 2. The summed E-state index contributed by atoms with van der Waals surface area (Å²) in [6.07, 6.45) is -7.54. The van der Waals surface area contributed by atoms with Crippen LogP contribution >= 0.6 is 15.5 Å². The van der Waals surface area contributed by atoms with Crippen molar-refractivity contribution in [3.8, 4) is 11.5 Å². The number of ketones is 1. The number of nitrogen functional groups attached to an aromatic ring is 1. The molecule has 4 heterocycles. The molecular weight excluding hydrogens is 1020 g/mol. The number of amides is 1. The second-order valence-corrected chi connectivity index (χ2v) is 21.2. The maximum Gasteiger partial charge on any atom is 0.459 e. The lowest BCUT2D eigenvalue weighted by atomic mass is 9.96. The molecule has 6 rings (SSSR count). The maximum atomic E-state index is 15.8. The van der Waals surface area contributed by atoms with Crippen LogP contribution in [0.2, 0.25) is 0 Å². The lowest BCUT2D eigenvalue weighted by molar-refractivity contribution is -0.209. The summed E-state index contributed by atoms with van der Waals surface area (Å²) in [5.41, 5.74) is -0.698. The van der Waals surface area contributed by atoms with Gasteiger partial charge in [-0.1, -0.05) is 36.4 Å². The van der Waals surface area contributed by atoms with Crippen LogP contribution in [0.15, 0.2) is 90.0 Å². The number of anilines is 1. The SMILES string of the molecule is CC(C)OC(=O)[C@H](C)N[P@](=O)(OCC1OC(n2ccc(N)nc2=O)[C@](C)(F)[C@@H]1O)Oc1ccccc1.CC(C)OC(=O)[C@H](C)N[P@](=O)(OC[C@@]1(F)OC(N2C=CC(=O)CC2=O)[C@](C)(F)[C@@H]1O)Oc1ccccc1. The number of allylic oxidation sites excluding steroid dienone is 1. The van der Waals surface area contributed by atoms with Crippen molar-refractivity contribution in [1.82, 2.24) is 24.6 Å². The Balaban J connectivity index is 0.000000271. The van der Waals surface area contributed by atoms with E-state index < -0.39 is 137 Å². The molecule has 1 aromatic heterocycles. The Labute approximate surface area is 417 Å². The number of aromatic nitrogens is 2. The molecule has 1 amide bonds. The number of rotatable bonds is 20. The van der Waals surface area contributed by atoms with Crippen LogP contribution in [0, 0.1) is 0 Å². The number of carbonyl (C=O) groups is 4. The average Bonchev–Trinajstić information content (AvgIpc) is 3.63. The van der Waals surface area contributed by atoms with Crippen molar-refractivity contribution < 1.29 is 88.7 Å². The van der Waals surface area contributed by atoms with E-state index in [0.717, 1.165) is 30.7 Å². The molecule has 73 heavy (non-hydrogen) atoms. The highest BCUT2D eigenvalue weighted by Gasteiger charge is 2.66. The van der Waals surface area contributed by atoms with Crippen LogP contribution < -0.4 is 30.6 Å². The predicted octanol–water partition coefficient (Wildman–Crippen LogP) is 4.49. The first-order valence-electron chi connectivity index (χ1n) is 22.6. The number of esters is 2. The quantitative estimate of drug-likeness (QED) is 0.0591. The van der Waals surface area contributed by atoms with Crippen LogP contribution in [-0.2, 0) is 56.3 Å². The lowest BCUT2D eigenvalue weighted by Crippen LogP contribution is -2.52. The Morgan fingerprint density at radius 3 is 1.79 bits per heavy atom. The highest BCUT2D eigenvalue weighted by atomic mass is 31.2. The summed E-state index contributed by atoms with van der Waals surface area (Å²) in [6.45, 7) is 9.17. The van der Waals surface area contributed by atoms with Crippen molar-refractivity contribution >= 4 is 44.9 Å². The molecule has 2 aromatic carbocycles. The molecule has 23 nitrogen and oxygen atoms in total. The highest BCUT2D eigenvalue weighted by molar-refractivity contribution is 7.52. The van der Waals surface area contributed by atoms with E-state index in [1.54, 1.807) is 64.1 Å². The molecule has 0 spiro atoms. The highest BCUT2D eigenvalue weighted by Crippen LogP contribution is 2.51. The van der Waals surface area contributed by atoms with Crippen molar-refractivity contribution in [2.24, 2.45) is 0 Å². The average molecular weight is 1070 g/mol. The van der Waals surface area contributed by atoms with Crippen LogP contribution in [0.4, 0.5) is 19.0 Å². The van der Waals surface area contributed by atoms with Crippen LogP contribution in [0.5, 0.6) is 11.5 Å². The minimum atomic E-state index is -4.57. The van der Waals surface area contributed by atoms with E-state index in [2.05, 4.69) is 15.2 Å². The third-order valence-electron chi connectivity index (χ3n) is 10.7.